The number of amidine groups is 1. The second-order valence-corrected chi connectivity index (χ2v) is 8.40. The van der Waals surface area contributed by atoms with Crippen LogP contribution in [0.4, 0.5) is 10.1 Å². The molecule has 1 aromatic carbocycles. The molecule has 1 unspecified atom stereocenters. The standard InChI is InChI=1S/C12H13ClFN3O4S/c1-12(2)11(15)16-9(5-22(12,20)21)7-3-6(17(18)19)4-8(13)10(7)14/h3-4,9H,5H2,1-2H3,(H2,15,16). The number of hydrogen-bond acceptors (Lipinski definition) is 6. The van der Waals surface area contributed by atoms with Crippen molar-refractivity contribution in [2.24, 2.45) is 10.7 Å². The SMILES string of the molecule is CC1(C)C(N)=NC(c2cc([N+](=O)[O-])cc(Cl)c2F)CS1(=O)=O. The van der Waals surface area contributed by atoms with E-state index in [1.165, 1.54) is 13.8 Å². The van der Waals surface area contributed by atoms with Crippen LogP contribution in [-0.2, 0) is 9.84 Å². The van der Waals surface area contributed by atoms with Crippen molar-refractivity contribution in [3.63, 3.8) is 0 Å². The molecule has 0 saturated carbocycles. The van der Waals surface area contributed by atoms with E-state index in [-0.39, 0.29) is 11.4 Å². The number of sulfone groups is 1. The molecule has 0 amide bonds. The summed E-state index contributed by atoms with van der Waals surface area (Å²) in [6.07, 6.45) is 0. The summed E-state index contributed by atoms with van der Waals surface area (Å²) in [7, 11) is -3.71. The summed E-state index contributed by atoms with van der Waals surface area (Å²) in [5.74, 6) is -1.62. The third kappa shape index (κ3) is 2.54. The normalized spacial score (nSPS) is 22.9. The van der Waals surface area contributed by atoms with E-state index in [1.54, 1.807) is 0 Å². The van der Waals surface area contributed by atoms with Gasteiger partial charge in [0.2, 0.25) is 0 Å². The van der Waals surface area contributed by atoms with E-state index < -0.39 is 47.8 Å². The van der Waals surface area contributed by atoms with Gasteiger partial charge >= 0.3 is 0 Å². The molecule has 2 N–H and O–H groups in total. The van der Waals surface area contributed by atoms with Gasteiger partial charge in [-0.25, -0.2) is 12.8 Å². The minimum atomic E-state index is -3.71. The Kier molecular flexibility index (Phi) is 3.90. The van der Waals surface area contributed by atoms with E-state index in [1.807, 2.05) is 0 Å². The van der Waals surface area contributed by atoms with Crippen LogP contribution in [0.1, 0.15) is 25.5 Å². The van der Waals surface area contributed by atoms with Crippen molar-refractivity contribution in [1.82, 2.24) is 0 Å². The number of benzene rings is 1. The highest BCUT2D eigenvalue weighted by Gasteiger charge is 2.44. The van der Waals surface area contributed by atoms with Gasteiger partial charge in [0.15, 0.2) is 9.84 Å². The molecule has 0 saturated heterocycles. The quantitative estimate of drug-likeness (QED) is 0.647. The monoisotopic (exact) mass is 349 g/mol. The van der Waals surface area contributed by atoms with Crippen LogP contribution >= 0.6 is 11.6 Å². The number of non-ortho nitro benzene ring substituents is 1. The van der Waals surface area contributed by atoms with E-state index in [9.17, 15) is 22.9 Å². The van der Waals surface area contributed by atoms with Gasteiger partial charge in [0.25, 0.3) is 5.69 Å². The van der Waals surface area contributed by atoms with Gasteiger partial charge in [0.05, 0.1) is 21.7 Å². The predicted octanol–water partition coefficient (Wildman–Crippen LogP) is 1.99. The Balaban J connectivity index is 2.63. The van der Waals surface area contributed by atoms with Crippen molar-refractivity contribution in [3.05, 3.63) is 38.7 Å². The summed E-state index contributed by atoms with van der Waals surface area (Å²) in [5.41, 5.74) is 4.97. The molecule has 120 valence electrons. The molecule has 22 heavy (non-hydrogen) atoms. The fourth-order valence-corrected chi connectivity index (χ4v) is 3.72. The van der Waals surface area contributed by atoms with Crippen LogP contribution in [0.15, 0.2) is 17.1 Å². The highest BCUT2D eigenvalue weighted by Crippen LogP contribution is 2.36. The smallest absolute Gasteiger partial charge is 0.271 e. The first-order chi connectivity index (χ1) is 9.97. The van der Waals surface area contributed by atoms with Gasteiger partial charge in [-0.05, 0) is 13.8 Å². The summed E-state index contributed by atoms with van der Waals surface area (Å²) >= 11 is 5.64. The van der Waals surface area contributed by atoms with Crippen molar-refractivity contribution in [2.75, 3.05) is 5.75 Å². The number of rotatable bonds is 2. The summed E-state index contributed by atoms with van der Waals surface area (Å²) in [4.78, 5) is 14.1. The molecule has 1 aromatic rings. The van der Waals surface area contributed by atoms with Crippen LogP contribution in [0.25, 0.3) is 0 Å². The Morgan fingerprint density at radius 3 is 2.59 bits per heavy atom. The Bertz CT molecular complexity index is 792. The maximum atomic E-state index is 14.1. The summed E-state index contributed by atoms with van der Waals surface area (Å²) in [6, 6.07) is 0.612. The molecule has 1 heterocycles. The van der Waals surface area contributed by atoms with Gasteiger partial charge in [-0.15, -0.1) is 0 Å². The average molecular weight is 350 g/mol. The van der Waals surface area contributed by atoms with Gasteiger partial charge in [0, 0.05) is 17.7 Å². The largest absolute Gasteiger partial charge is 0.386 e. The number of aliphatic imine (C=N–C) groups is 1. The van der Waals surface area contributed by atoms with E-state index in [0.29, 0.717) is 0 Å². The molecule has 1 aliphatic rings. The zero-order valence-corrected chi connectivity index (χ0v) is 13.3. The predicted molar refractivity (Wildman–Crippen MR) is 80.3 cm³/mol. The molecule has 0 radical (unpaired) electrons. The Morgan fingerprint density at radius 2 is 2.09 bits per heavy atom. The first kappa shape index (κ1) is 16.6. The topological polar surface area (TPSA) is 116 Å². The Morgan fingerprint density at radius 1 is 1.50 bits per heavy atom. The maximum absolute atomic E-state index is 14.1. The highest BCUT2D eigenvalue weighted by molar-refractivity contribution is 7.93. The molecule has 0 spiro atoms. The Labute approximate surface area is 131 Å². The molecule has 7 nitrogen and oxygen atoms in total. The lowest BCUT2D eigenvalue weighted by Gasteiger charge is -2.31. The van der Waals surface area contributed by atoms with E-state index in [0.717, 1.165) is 12.1 Å². The molecule has 1 aliphatic heterocycles. The van der Waals surface area contributed by atoms with Crippen molar-refractivity contribution in [1.29, 1.82) is 0 Å². The lowest BCUT2D eigenvalue weighted by atomic mass is 10.1. The minimum Gasteiger partial charge on any atom is -0.386 e. The Hall–Kier alpha value is -1.74. The molecular weight excluding hydrogens is 337 g/mol. The fourth-order valence-electron chi connectivity index (χ4n) is 2.04. The van der Waals surface area contributed by atoms with Crippen molar-refractivity contribution in [2.45, 2.75) is 24.6 Å². The number of nitrogens with zero attached hydrogens (tertiary/aromatic N) is 2. The van der Waals surface area contributed by atoms with Crippen LogP contribution in [0.2, 0.25) is 5.02 Å². The first-order valence-corrected chi connectivity index (χ1v) is 8.20. The zero-order valence-electron chi connectivity index (χ0n) is 11.7. The lowest BCUT2D eigenvalue weighted by Crippen LogP contribution is -2.50. The number of halogens is 2. The lowest BCUT2D eigenvalue weighted by molar-refractivity contribution is -0.385. The van der Waals surface area contributed by atoms with Crippen LogP contribution in [-0.4, -0.2) is 29.7 Å². The summed E-state index contributed by atoms with van der Waals surface area (Å²) < 4.78 is 37.3. The van der Waals surface area contributed by atoms with E-state index in [2.05, 4.69) is 4.99 Å². The number of nitro groups is 1. The van der Waals surface area contributed by atoms with Gasteiger partial charge < -0.3 is 5.73 Å². The van der Waals surface area contributed by atoms with Crippen LogP contribution < -0.4 is 5.73 Å². The molecular formula is C12H13ClFN3O4S. The maximum Gasteiger partial charge on any atom is 0.271 e. The van der Waals surface area contributed by atoms with Gasteiger partial charge in [-0.2, -0.15) is 0 Å². The third-order valence-corrected chi connectivity index (χ3v) is 6.47. The van der Waals surface area contributed by atoms with Crippen molar-refractivity contribution < 1.29 is 17.7 Å². The molecule has 10 heteroatoms. The van der Waals surface area contributed by atoms with Crippen molar-refractivity contribution >= 4 is 33.0 Å². The molecule has 0 aliphatic carbocycles. The number of hydrogen-bond donors (Lipinski definition) is 1. The van der Waals surface area contributed by atoms with Crippen LogP contribution in [0.5, 0.6) is 0 Å². The molecule has 2 rings (SSSR count). The first-order valence-electron chi connectivity index (χ1n) is 6.16. The highest BCUT2D eigenvalue weighted by atomic mass is 35.5. The molecule has 1 atom stereocenters. The second kappa shape index (κ2) is 5.17. The van der Waals surface area contributed by atoms with Crippen LogP contribution in [0.3, 0.4) is 0 Å². The molecule has 0 fully saturated rings. The zero-order chi connectivity index (χ0) is 16.9. The average Bonchev–Trinajstić information content (AvgIpc) is 2.38. The molecule has 0 aromatic heterocycles. The van der Waals surface area contributed by atoms with E-state index in [4.69, 9.17) is 17.3 Å². The fraction of sp³-hybridized carbons (Fsp3) is 0.417. The molecule has 0 bridgehead atoms. The van der Waals surface area contributed by atoms with Gasteiger partial charge in [0.1, 0.15) is 16.4 Å². The third-order valence-electron chi connectivity index (χ3n) is 3.68. The summed E-state index contributed by atoms with van der Waals surface area (Å²) in [6.45, 7) is 2.79. The van der Waals surface area contributed by atoms with Gasteiger partial charge in [-0.3, -0.25) is 15.1 Å². The van der Waals surface area contributed by atoms with Gasteiger partial charge in [-0.1, -0.05) is 11.6 Å². The van der Waals surface area contributed by atoms with E-state index >= 15 is 0 Å². The number of nitro benzene ring substituents is 1. The van der Waals surface area contributed by atoms with Crippen molar-refractivity contribution in [3.8, 4) is 0 Å². The second-order valence-electron chi connectivity index (χ2n) is 5.41. The number of nitrogens with two attached hydrogens (primary N) is 1. The minimum absolute atomic E-state index is 0.175. The van der Waals surface area contributed by atoms with Crippen LogP contribution in [0, 0.1) is 15.9 Å². The summed E-state index contributed by atoms with van der Waals surface area (Å²) in [5, 5.41) is 10.4.